The van der Waals surface area contributed by atoms with E-state index in [9.17, 15) is 4.79 Å². The molecular weight excluding hydrogens is 370 g/mol. The molecule has 0 fully saturated rings. The lowest BCUT2D eigenvalue weighted by molar-refractivity contribution is -0.141. The van der Waals surface area contributed by atoms with Gasteiger partial charge in [0.25, 0.3) is 0 Å². The lowest BCUT2D eigenvalue weighted by Gasteiger charge is -2.05. The molecule has 8 heteroatoms. The summed E-state index contributed by atoms with van der Waals surface area (Å²) in [4.78, 5) is 24.7. The van der Waals surface area contributed by atoms with E-state index in [4.69, 9.17) is 9.47 Å². The molecule has 0 bridgehead atoms. The molecule has 132 valence electrons. The lowest BCUT2D eigenvalue weighted by atomic mass is 10.3. The summed E-state index contributed by atoms with van der Waals surface area (Å²) in [7, 11) is 1.38. The zero-order chi connectivity index (χ0) is 17.9. The highest BCUT2D eigenvalue weighted by molar-refractivity contribution is 8.15. The third-order valence-electron chi connectivity index (χ3n) is 3.82. The molecule has 26 heavy (non-hydrogen) atoms. The molecule has 2 aromatic heterocycles. The van der Waals surface area contributed by atoms with Crippen LogP contribution in [0.25, 0.3) is 10.2 Å². The molecule has 0 saturated carbocycles. The van der Waals surface area contributed by atoms with Gasteiger partial charge in [-0.25, -0.2) is 9.78 Å². The van der Waals surface area contributed by atoms with Gasteiger partial charge in [0.15, 0.2) is 6.04 Å². The van der Waals surface area contributed by atoms with Crippen LogP contribution >= 0.6 is 23.1 Å². The summed E-state index contributed by atoms with van der Waals surface area (Å²) < 4.78 is 11.6. The Labute approximate surface area is 158 Å². The van der Waals surface area contributed by atoms with Crippen molar-refractivity contribution < 1.29 is 14.3 Å². The normalized spacial score (nSPS) is 16.5. The van der Waals surface area contributed by atoms with Crippen LogP contribution in [0.3, 0.4) is 0 Å². The summed E-state index contributed by atoms with van der Waals surface area (Å²) in [6.45, 7) is 0.489. The minimum Gasteiger partial charge on any atom is -0.489 e. The maximum atomic E-state index is 11.6. The fourth-order valence-electron chi connectivity index (χ4n) is 2.48. The van der Waals surface area contributed by atoms with Gasteiger partial charge >= 0.3 is 5.97 Å². The Bertz CT molecular complexity index is 972. The van der Waals surface area contributed by atoms with Crippen molar-refractivity contribution in [3.63, 3.8) is 0 Å². The van der Waals surface area contributed by atoms with Crippen LogP contribution in [-0.4, -0.2) is 39.9 Å². The Balaban J connectivity index is 1.52. The Hall–Kier alpha value is -2.45. The molecule has 0 spiro atoms. The van der Waals surface area contributed by atoms with Crippen LogP contribution in [0.1, 0.15) is 10.6 Å². The molecule has 4 rings (SSSR count). The molecule has 3 heterocycles. The Morgan fingerprint density at radius 1 is 1.27 bits per heavy atom. The van der Waals surface area contributed by atoms with Crippen molar-refractivity contribution in [3.8, 4) is 5.75 Å². The summed E-state index contributed by atoms with van der Waals surface area (Å²) >= 11 is 3.08. The van der Waals surface area contributed by atoms with E-state index < -0.39 is 6.04 Å². The van der Waals surface area contributed by atoms with E-state index in [1.807, 2.05) is 30.3 Å². The van der Waals surface area contributed by atoms with Gasteiger partial charge in [-0.15, -0.1) is 23.1 Å². The number of methoxy groups -OCH3 is 1. The summed E-state index contributed by atoms with van der Waals surface area (Å²) in [6.07, 6.45) is 3.50. The van der Waals surface area contributed by atoms with Crippen LogP contribution in [0.2, 0.25) is 0 Å². The molecule has 0 aliphatic carbocycles. The standard InChI is InChI=1S/C18H15N3O3S2/c1-23-18(22)14-10-25-16(21-14)17-20-13-3-2-12(8-15(13)26-17)24-9-11-4-6-19-7-5-11/h2-8,14H,9-10H2,1H3/t14-/m1/s1. The highest BCUT2D eigenvalue weighted by atomic mass is 32.2. The molecule has 1 aromatic carbocycles. The number of thiazole rings is 1. The molecule has 1 atom stereocenters. The largest absolute Gasteiger partial charge is 0.489 e. The zero-order valence-corrected chi connectivity index (χ0v) is 15.5. The predicted octanol–water partition coefficient (Wildman–Crippen LogP) is 3.31. The summed E-state index contributed by atoms with van der Waals surface area (Å²) in [5, 5.41) is 1.61. The molecule has 0 N–H and O–H groups in total. The van der Waals surface area contributed by atoms with Crippen molar-refractivity contribution in [3.05, 3.63) is 53.3 Å². The van der Waals surface area contributed by atoms with Crippen molar-refractivity contribution in [1.82, 2.24) is 9.97 Å². The highest BCUT2D eigenvalue weighted by Crippen LogP contribution is 2.32. The number of aliphatic imine (C=N–C) groups is 1. The average Bonchev–Trinajstić information content (AvgIpc) is 3.33. The number of hydrogen-bond acceptors (Lipinski definition) is 8. The van der Waals surface area contributed by atoms with Crippen molar-refractivity contribution >= 4 is 44.3 Å². The van der Waals surface area contributed by atoms with Gasteiger partial charge in [-0.05, 0) is 35.9 Å². The number of carbonyl (C=O) groups is 1. The van der Waals surface area contributed by atoms with Gasteiger partial charge in [-0.3, -0.25) is 9.98 Å². The molecule has 1 aliphatic rings. The monoisotopic (exact) mass is 385 g/mol. The van der Waals surface area contributed by atoms with E-state index in [2.05, 4.69) is 15.0 Å². The number of thioether (sulfide) groups is 1. The molecule has 0 unspecified atom stereocenters. The van der Waals surface area contributed by atoms with Crippen LogP contribution in [0.15, 0.2) is 47.7 Å². The number of rotatable bonds is 5. The minimum atomic E-state index is -0.439. The maximum absolute atomic E-state index is 11.6. The summed E-state index contributed by atoms with van der Waals surface area (Å²) in [5.74, 6) is 1.08. The Morgan fingerprint density at radius 3 is 2.92 bits per heavy atom. The number of ether oxygens (including phenoxy) is 2. The number of aromatic nitrogens is 2. The molecule has 1 aliphatic heterocycles. The summed E-state index contributed by atoms with van der Waals surface area (Å²) in [5.41, 5.74) is 1.96. The van der Waals surface area contributed by atoms with E-state index in [1.165, 1.54) is 18.9 Å². The average molecular weight is 385 g/mol. The quantitative estimate of drug-likeness (QED) is 0.628. The first-order valence-corrected chi connectivity index (χ1v) is 9.74. The van der Waals surface area contributed by atoms with E-state index in [0.717, 1.165) is 31.6 Å². The molecule has 3 aromatic rings. The first-order chi connectivity index (χ1) is 12.7. The van der Waals surface area contributed by atoms with E-state index in [0.29, 0.717) is 12.4 Å². The molecular formula is C18H15N3O3S2. The van der Waals surface area contributed by atoms with E-state index in [-0.39, 0.29) is 5.97 Å². The van der Waals surface area contributed by atoms with Crippen LogP contribution in [0.4, 0.5) is 0 Å². The molecule has 0 radical (unpaired) electrons. The van der Waals surface area contributed by atoms with Crippen molar-refractivity contribution in [2.24, 2.45) is 4.99 Å². The fraction of sp³-hybridized carbons (Fsp3) is 0.222. The molecule has 6 nitrogen and oxygen atoms in total. The minimum absolute atomic E-state index is 0.305. The second-order valence-electron chi connectivity index (χ2n) is 5.58. The number of fused-ring (bicyclic) bond motifs is 1. The van der Waals surface area contributed by atoms with Crippen molar-refractivity contribution in [1.29, 1.82) is 0 Å². The van der Waals surface area contributed by atoms with Gasteiger partial charge in [0.2, 0.25) is 0 Å². The number of nitrogens with zero attached hydrogens (tertiary/aromatic N) is 3. The molecule has 0 amide bonds. The van der Waals surface area contributed by atoms with Crippen LogP contribution in [-0.2, 0) is 16.1 Å². The smallest absolute Gasteiger partial charge is 0.331 e. The van der Waals surface area contributed by atoms with Gasteiger partial charge in [0.05, 0.1) is 17.3 Å². The third-order valence-corrected chi connectivity index (χ3v) is 6.03. The number of esters is 1. The predicted molar refractivity (Wildman–Crippen MR) is 103 cm³/mol. The SMILES string of the molecule is COC(=O)[C@H]1CSC(c2nc3ccc(OCc4ccncc4)cc3s2)=N1. The van der Waals surface area contributed by atoms with E-state index >= 15 is 0 Å². The third kappa shape index (κ3) is 3.56. The summed E-state index contributed by atoms with van der Waals surface area (Å²) in [6, 6.07) is 9.25. The van der Waals surface area contributed by atoms with Crippen molar-refractivity contribution in [2.45, 2.75) is 12.6 Å². The Morgan fingerprint density at radius 2 is 2.12 bits per heavy atom. The maximum Gasteiger partial charge on any atom is 0.331 e. The Kier molecular flexibility index (Phi) is 4.85. The number of benzene rings is 1. The van der Waals surface area contributed by atoms with Crippen molar-refractivity contribution in [2.75, 3.05) is 12.9 Å². The van der Waals surface area contributed by atoms with Gasteiger partial charge in [-0.1, -0.05) is 0 Å². The molecule has 0 saturated heterocycles. The second-order valence-corrected chi connectivity index (χ2v) is 7.62. The first kappa shape index (κ1) is 17.0. The van der Waals surface area contributed by atoms with Gasteiger partial charge in [0.1, 0.15) is 22.4 Å². The zero-order valence-electron chi connectivity index (χ0n) is 13.9. The van der Waals surface area contributed by atoms with Crippen LogP contribution in [0, 0.1) is 0 Å². The lowest BCUT2D eigenvalue weighted by Crippen LogP contribution is -2.19. The number of carbonyl (C=O) groups excluding carboxylic acids is 1. The highest BCUT2D eigenvalue weighted by Gasteiger charge is 2.27. The van der Waals surface area contributed by atoms with Crippen LogP contribution in [0.5, 0.6) is 5.75 Å². The second kappa shape index (κ2) is 7.43. The van der Waals surface area contributed by atoms with Gasteiger partial charge < -0.3 is 9.47 Å². The number of pyridine rings is 1. The fourth-order valence-corrected chi connectivity index (χ4v) is 4.56. The van der Waals surface area contributed by atoms with Crippen LogP contribution < -0.4 is 4.74 Å². The first-order valence-electron chi connectivity index (χ1n) is 7.94. The number of hydrogen-bond donors (Lipinski definition) is 0. The van der Waals surface area contributed by atoms with Gasteiger partial charge in [0, 0.05) is 18.1 Å². The topological polar surface area (TPSA) is 73.7 Å². The van der Waals surface area contributed by atoms with Gasteiger partial charge in [-0.2, -0.15) is 0 Å². The van der Waals surface area contributed by atoms with E-state index in [1.54, 1.807) is 23.7 Å².